The number of rotatable bonds is 3. The Bertz CT molecular complexity index is 331. The summed E-state index contributed by atoms with van der Waals surface area (Å²) in [5.41, 5.74) is 1.36. The van der Waals surface area contributed by atoms with Crippen LogP contribution in [0.25, 0.3) is 0 Å². The lowest BCUT2D eigenvalue weighted by Gasteiger charge is -2.32. The van der Waals surface area contributed by atoms with Crippen LogP contribution in [0.4, 0.5) is 0 Å². The highest BCUT2D eigenvalue weighted by molar-refractivity contribution is 5.30. The fourth-order valence-corrected chi connectivity index (χ4v) is 2.42. The summed E-state index contributed by atoms with van der Waals surface area (Å²) in [7, 11) is 1.73. The molecule has 2 rings (SSSR count). The van der Waals surface area contributed by atoms with Gasteiger partial charge in [0, 0.05) is 6.04 Å². The number of nitrogens with zero attached hydrogens (tertiary/aromatic N) is 1. The quantitative estimate of drug-likeness (QED) is 0.773. The molecule has 0 aliphatic carbocycles. The van der Waals surface area contributed by atoms with Crippen molar-refractivity contribution in [2.75, 3.05) is 20.2 Å². The average Bonchev–Trinajstić information content (AvgIpc) is 2.39. The second kappa shape index (κ2) is 5.35. The zero-order valence-corrected chi connectivity index (χ0v) is 10.3. The molecular formula is C14H21NO. The van der Waals surface area contributed by atoms with Crippen LogP contribution in [0.5, 0.6) is 5.75 Å². The molecule has 1 heterocycles. The first-order chi connectivity index (χ1) is 7.81. The third-order valence-corrected chi connectivity index (χ3v) is 3.51. The number of methoxy groups -OCH3 is 1. The van der Waals surface area contributed by atoms with Gasteiger partial charge in [0.15, 0.2) is 0 Å². The zero-order valence-electron chi connectivity index (χ0n) is 10.3. The Kier molecular flexibility index (Phi) is 3.83. The molecule has 2 nitrogen and oxygen atoms in total. The molecular weight excluding hydrogens is 198 g/mol. The van der Waals surface area contributed by atoms with Crippen LogP contribution < -0.4 is 4.74 Å². The van der Waals surface area contributed by atoms with Crippen LogP contribution in [-0.4, -0.2) is 25.1 Å². The van der Waals surface area contributed by atoms with Crippen LogP contribution in [0, 0.1) is 0 Å². The summed E-state index contributed by atoms with van der Waals surface area (Å²) < 4.78 is 5.27. The third-order valence-electron chi connectivity index (χ3n) is 3.51. The van der Waals surface area contributed by atoms with Gasteiger partial charge in [-0.05, 0) is 50.6 Å². The van der Waals surface area contributed by atoms with E-state index >= 15 is 0 Å². The number of hydrogen-bond donors (Lipinski definition) is 0. The first-order valence-electron chi connectivity index (χ1n) is 6.19. The highest BCUT2D eigenvalue weighted by Gasteiger charge is 2.18. The van der Waals surface area contributed by atoms with Gasteiger partial charge in [0.2, 0.25) is 0 Å². The van der Waals surface area contributed by atoms with Crippen molar-refractivity contribution in [2.45, 2.75) is 32.2 Å². The van der Waals surface area contributed by atoms with Crippen LogP contribution >= 0.6 is 0 Å². The van der Waals surface area contributed by atoms with Gasteiger partial charge in [-0.25, -0.2) is 0 Å². The largest absolute Gasteiger partial charge is 0.497 e. The Morgan fingerprint density at radius 2 is 1.94 bits per heavy atom. The van der Waals surface area contributed by atoms with E-state index < -0.39 is 0 Å². The van der Waals surface area contributed by atoms with Crippen molar-refractivity contribution in [3.05, 3.63) is 29.8 Å². The predicted octanol–water partition coefficient (Wildman–Crippen LogP) is 3.24. The van der Waals surface area contributed by atoms with Gasteiger partial charge in [-0.2, -0.15) is 0 Å². The summed E-state index contributed by atoms with van der Waals surface area (Å²) in [6, 6.07) is 8.94. The highest BCUT2D eigenvalue weighted by atomic mass is 16.5. The molecule has 88 valence electrons. The van der Waals surface area contributed by atoms with Crippen molar-refractivity contribution in [1.29, 1.82) is 0 Å². The fourth-order valence-electron chi connectivity index (χ4n) is 2.42. The SMILES string of the molecule is COc1cccc(C(C)N2CCCCC2)c1. The molecule has 1 aliphatic rings. The van der Waals surface area contributed by atoms with Crippen LogP contribution in [0.2, 0.25) is 0 Å². The molecule has 1 unspecified atom stereocenters. The minimum absolute atomic E-state index is 0.510. The molecule has 2 heteroatoms. The lowest BCUT2D eigenvalue weighted by Crippen LogP contribution is -2.32. The van der Waals surface area contributed by atoms with Gasteiger partial charge in [0.05, 0.1) is 7.11 Å². The van der Waals surface area contributed by atoms with Gasteiger partial charge in [-0.1, -0.05) is 18.6 Å². The molecule has 0 radical (unpaired) electrons. The van der Waals surface area contributed by atoms with Crippen molar-refractivity contribution in [1.82, 2.24) is 4.90 Å². The van der Waals surface area contributed by atoms with Crippen LogP contribution in [0.1, 0.15) is 37.8 Å². The van der Waals surface area contributed by atoms with E-state index in [0.29, 0.717) is 6.04 Å². The monoisotopic (exact) mass is 219 g/mol. The molecule has 0 aromatic heterocycles. The molecule has 1 saturated heterocycles. The maximum atomic E-state index is 5.27. The van der Waals surface area contributed by atoms with Gasteiger partial charge in [-0.3, -0.25) is 4.90 Å². The molecule has 1 fully saturated rings. The molecule has 1 atom stereocenters. The van der Waals surface area contributed by atoms with E-state index in [4.69, 9.17) is 4.74 Å². The van der Waals surface area contributed by atoms with E-state index in [1.807, 2.05) is 6.07 Å². The van der Waals surface area contributed by atoms with Gasteiger partial charge < -0.3 is 4.74 Å². The van der Waals surface area contributed by atoms with Crippen molar-refractivity contribution < 1.29 is 4.74 Å². The molecule has 0 spiro atoms. The first kappa shape index (κ1) is 11.5. The number of ether oxygens (including phenoxy) is 1. The lowest BCUT2D eigenvalue weighted by molar-refractivity contribution is 0.174. The maximum Gasteiger partial charge on any atom is 0.119 e. The normalized spacial score (nSPS) is 19.4. The molecule has 0 N–H and O–H groups in total. The number of benzene rings is 1. The molecule has 1 aliphatic heterocycles. The van der Waals surface area contributed by atoms with Crippen molar-refractivity contribution in [3.63, 3.8) is 0 Å². The molecule has 1 aromatic rings. The van der Waals surface area contributed by atoms with Crippen molar-refractivity contribution >= 4 is 0 Å². The van der Waals surface area contributed by atoms with E-state index in [1.165, 1.54) is 37.9 Å². The average molecular weight is 219 g/mol. The van der Waals surface area contributed by atoms with Crippen LogP contribution in [0.3, 0.4) is 0 Å². The molecule has 1 aromatic carbocycles. The van der Waals surface area contributed by atoms with E-state index in [0.717, 1.165) is 5.75 Å². The van der Waals surface area contributed by atoms with Gasteiger partial charge in [0.1, 0.15) is 5.75 Å². The van der Waals surface area contributed by atoms with E-state index in [1.54, 1.807) is 7.11 Å². The topological polar surface area (TPSA) is 12.5 Å². The summed E-state index contributed by atoms with van der Waals surface area (Å²) in [6.45, 7) is 4.76. The second-order valence-corrected chi connectivity index (χ2v) is 4.55. The smallest absolute Gasteiger partial charge is 0.119 e. The van der Waals surface area contributed by atoms with Crippen LogP contribution in [0.15, 0.2) is 24.3 Å². The minimum atomic E-state index is 0.510. The number of likely N-dealkylation sites (tertiary alicyclic amines) is 1. The van der Waals surface area contributed by atoms with Crippen molar-refractivity contribution in [3.8, 4) is 5.75 Å². The summed E-state index contributed by atoms with van der Waals surface area (Å²) in [4.78, 5) is 2.57. The molecule has 0 amide bonds. The predicted molar refractivity (Wildman–Crippen MR) is 66.8 cm³/mol. The standard InChI is InChI=1S/C14H21NO/c1-12(15-9-4-3-5-10-15)13-7-6-8-14(11-13)16-2/h6-8,11-12H,3-5,9-10H2,1-2H3. The van der Waals surface area contributed by atoms with Gasteiger partial charge >= 0.3 is 0 Å². The lowest BCUT2D eigenvalue weighted by atomic mass is 10.0. The Balaban J connectivity index is 2.09. The van der Waals surface area contributed by atoms with Crippen LogP contribution in [-0.2, 0) is 0 Å². The van der Waals surface area contributed by atoms with Gasteiger partial charge in [-0.15, -0.1) is 0 Å². The molecule has 16 heavy (non-hydrogen) atoms. The Morgan fingerprint density at radius 3 is 2.62 bits per heavy atom. The highest BCUT2D eigenvalue weighted by Crippen LogP contribution is 2.26. The maximum absolute atomic E-state index is 5.27. The molecule has 0 bridgehead atoms. The third kappa shape index (κ3) is 2.56. The first-order valence-corrected chi connectivity index (χ1v) is 6.19. The Labute approximate surface area is 98.2 Å². The number of hydrogen-bond acceptors (Lipinski definition) is 2. The minimum Gasteiger partial charge on any atom is -0.497 e. The van der Waals surface area contributed by atoms with E-state index in [-0.39, 0.29) is 0 Å². The Hall–Kier alpha value is -1.02. The second-order valence-electron chi connectivity index (χ2n) is 4.55. The summed E-state index contributed by atoms with van der Waals surface area (Å²) in [5.74, 6) is 0.960. The van der Waals surface area contributed by atoms with E-state index in [9.17, 15) is 0 Å². The fraction of sp³-hybridized carbons (Fsp3) is 0.571. The molecule has 0 saturated carbocycles. The summed E-state index contributed by atoms with van der Waals surface area (Å²) in [5, 5.41) is 0. The number of piperidine rings is 1. The summed E-state index contributed by atoms with van der Waals surface area (Å²) in [6.07, 6.45) is 4.07. The van der Waals surface area contributed by atoms with Crippen molar-refractivity contribution in [2.24, 2.45) is 0 Å². The van der Waals surface area contributed by atoms with Gasteiger partial charge in [0.25, 0.3) is 0 Å². The summed E-state index contributed by atoms with van der Waals surface area (Å²) >= 11 is 0. The zero-order chi connectivity index (χ0) is 11.4. The van der Waals surface area contributed by atoms with E-state index in [2.05, 4.69) is 30.0 Å². The Morgan fingerprint density at radius 1 is 1.19 bits per heavy atom.